The van der Waals surface area contributed by atoms with Gasteiger partial charge in [0.05, 0.1) is 44.0 Å². The monoisotopic (exact) mass is 383 g/mol. The van der Waals surface area contributed by atoms with Crippen molar-refractivity contribution in [3.63, 3.8) is 0 Å². The number of aromatic nitrogens is 2. The summed E-state index contributed by atoms with van der Waals surface area (Å²) in [5, 5.41) is 8.44. The van der Waals surface area contributed by atoms with Gasteiger partial charge in [-0.3, -0.25) is 0 Å². The molecule has 0 atom stereocenters. The molecule has 2 aromatic heterocycles. The summed E-state index contributed by atoms with van der Waals surface area (Å²) in [4.78, 5) is 3.84. The number of nitrogens with one attached hydrogen (secondary N) is 1. The first-order valence-corrected chi connectivity index (χ1v) is 9.84. The van der Waals surface area contributed by atoms with Crippen molar-refractivity contribution in [3.8, 4) is 17.2 Å². The zero-order valence-electron chi connectivity index (χ0n) is 16.7. The molecule has 0 bridgehead atoms. The maximum absolute atomic E-state index is 5.89. The Morgan fingerprint density at radius 2 is 1.89 bits per heavy atom. The molecule has 1 saturated heterocycles. The van der Waals surface area contributed by atoms with E-state index in [1.165, 1.54) is 10.6 Å². The van der Waals surface area contributed by atoms with E-state index in [-0.39, 0.29) is 0 Å². The number of furan rings is 1. The first kappa shape index (κ1) is 18.6. The molecule has 0 saturated carbocycles. The molecule has 1 aromatic carbocycles. The molecule has 148 valence electrons. The molecule has 3 heterocycles. The highest BCUT2D eigenvalue weighted by atomic mass is 16.5. The number of hydrogen-bond donors (Lipinski definition) is 1. The molecule has 7 heteroatoms. The van der Waals surface area contributed by atoms with Crippen molar-refractivity contribution in [3.05, 3.63) is 47.7 Å². The van der Waals surface area contributed by atoms with E-state index in [4.69, 9.17) is 13.6 Å². The largest absolute Gasteiger partial charge is 0.492 e. The van der Waals surface area contributed by atoms with E-state index in [0.717, 1.165) is 55.6 Å². The van der Waals surface area contributed by atoms with Crippen molar-refractivity contribution in [2.24, 2.45) is 0 Å². The van der Waals surface area contributed by atoms with Crippen LogP contribution in [-0.4, -0.2) is 43.0 Å². The molecule has 4 rings (SSSR count). The van der Waals surface area contributed by atoms with Crippen LogP contribution in [0.25, 0.3) is 11.5 Å². The average Bonchev–Trinajstić information content (AvgIpc) is 3.29. The van der Waals surface area contributed by atoms with Crippen molar-refractivity contribution in [1.29, 1.82) is 0 Å². The average molecular weight is 383 g/mol. The number of benzene rings is 1. The molecule has 0 amide bonds. The number of quaternary nitrogens is 1. The van der Waals surface area contributed by atoms with Gasteiger partial charge in [0, 0.05) is 0 Å². The number of anilines is 1. The second-order valence-corrected chi connectivity index (χ2v) is 7.14. The van der Waals surface area contributed by atoms with Crippen LogP contribution < -0.4 is 14.5 Å². The molecule has 1 aliphatic heterocycles. The zero-order valence-corrected chi connectivity index (χ0v) is 16.7. The summed E-state index contributed by atoms with van der Waals surface area (Å²) in [5.41, 5.74) is 2.05. The molecular formula is C21H27N4O3+. The molecule has 0 unspecified atom stereocenters. The second kappa shape index (κ2) is 8.06. The number of hydrogen-bond acceptors (Lipinski definition) is 6. The minimum atomic E-state index is 0.535. The van der Waals surface area contributed by atoms with E-state index in [1.54, 1.807) is 0 Å². The Labute approximate surface area is 164 Å². The Morgan fingerprint density at radius 3 is 2.61 bits per heavy atom. The predicted molar refractivity (Wildman–Crippen MR) is 106 cm³/mol. The molecule has 0 spiro atoms. The van der Waals surface area contributed by atoms with Crippen molar-refractivity contribution >= 4 is 5.69 Å². The van der Waals surface area contributed by atoms with Gasteiger partial charge >= 0.3 is 0 Å². The summed E-state index contributed by atoms with van der Waals surface area (Å²) in [6.07, 6.45) is 0. The van der Waals surface area contributed by atoms with Crippen LogP contribution in [0.4, 0.5) is 5.69 Å². The Bertz CT molecular complexity index is 925. The lowest BCUT2D eigenvalue weighted by molar-refractivity contribution is -0.915. The predicted octanol–water partition coefficient (Wildman–Crippen LogP) is 2.25. The number of nitrogens with zero attached hydrogens (tertiary/aromatic N) is 3. The first-order chi connectivity index (χ1) is 13.6. The van der Waals surface area contributed by atoms with Gasteiger partial charge < -0.3 is 23.4 Å². The quantitative estimate of drug-likeness (QED) is 0.704. The molecule has 1 fully saturated rings. The van der Waals surface area contributed by atoms with Gasteiger partial charge in [-0.25, -0.2) is 0 Å². The highest BCUT2D eigenvalue weighted by Crippen LogP contribution is 2.28. The summed E-state index contributed by atoms with van der Waals surface area (Å²) in [7, 11) is 0. The third kappa shape index (κ3) is 3.89. The number of ether oxygens (including phenoxy) is 1. The number of piperazine rings is 1. The summed E-state index contributed by atoms with van der Waals surface area (Å²) in [6, 6.07) is 10.2. The van der Waals surface area contributed by atoms with Gasteiger partial charge in [0.15, 0.2) is 6.54 Å². The van der Waals surface area contributed by atoms with Crippen LogP contribution in [0.15, 0.2) is 39.2 Å². The van der Waals surface area contributed by atoms with Crippen LogP contribution in [0.1, 0.15) is 24.3 Å². The standard InChI is InChI=1S/C21H26N4O3/c1-4-26-19-8-6-5-7-18(19)25-11-9-24(10-12-25)14-20-22-23-21(28-20)17-13-15(2)27-16(17)3/h5-8,13H,4,9-12,14H2,1-3H3/p+1. The van der Waals surface area contributed by atoms with Crippen LogP contribution in [0.3, 0.4) is 0 Å². The van der Waals surface area contributed by atoms with Crippen molar-refractivity contribution in [2.45, 2.75) is 27.3 Å². The molecule has 1 aliphatic rings. The summed E-state index contributed by atoms with van der Waals surface area (Å²) < 4.78 is 17.2. The van der Waals surface area contributed by atoms with Crippen LogP contribution in [0, 0.1) is 13.8 Å². The van der Waals surface area contributed by atoms with Crippen molar-refractivity contribution < 1.29 is 18.5 Å². The van der Waals surface area contributed by atoms with Crippen molar-refractivity contribution in [2.75, 3.05) is 37.7 Å². The molecule has 7 nitrogen and oxygen atoms in total. The summed E-state index contributed by atoms with van der Waals surface area (Å²) in [5.74, 6) is 3.82. The van der Waals surface area contributed by atoms with E-state index in [1.807, 2.05) is 39.0 Å². The fourth-order valence-electron chi connectivity index (χ4n) is 3.73. The zero-order chi connectivity index (χ0) is 19.5. The van der Waals surface area contributed by atoms with Crippen LogP contribution in [-0.2, 0) is 6.54 Å². The van der Waals surface area contributed by atoms with Gasteiger partial charge in [0.2, 0.25) is 0 Å². The van der Waals surface area contributed by atoms with E-state index >= 15 is 0 Å². The minimum absolute atomic E-state index is 0.535. The Kier molecular flexibility index (Phi) is 5.34. The SMILES string of the molecule is CCOc1ccccc1N1CC[NH+](Cc2nnc(-c3cc(C)oc3C)o2)CC1. The topological polar surface area (TPSA) is 69.0 Å². The minimum Gasteiger partial charge on any atom is -0.492 e. The first-order valence-electron chi connectivity index (χ1n) is 9.84. The lowest BCUT2D eigenvalue weighted by atomic mass is 10.2. The van der Waals surface area contributed by atoms with Crippen LogP contribution >= 0.6 is 0 Å². The van der Waals surface area contributed by atoms with E-state index in [2.05, 4.69) is 27.2 Å². The maximum atomic E-state index is 5.89. The normalized spacial score (nSPS) is 15.2. The van der Waals surface area contributed by atoms with Crippen LogP contribution in [0.2, 0.25) is 0 Å². The molecular weight excluding hydrogens is 356 g/mol. The third-order valence-corrected chi connectivity index (χ3v) is 5.12. The smallest absolute Gasteiger partial charge is 0.271 e. The van der Waals surface area contributed by atoms with Crippen molar-refractivity contribution in [1.82, 2.24) is 10.2 Å². The lowest BCUT2D eigenvalue weighted by Gasteiger charge is -2.33. The van der Waals surface area contributed by atoms with Crippen LogP contribution in [0.5, 0.6) is 5.75 Å². The Hall–Kier alpha value is -2.80. The second-order valence-electron chi connectivity index (χ2n) is 7.14. The van der Waals surface area contributed by atoms with Gasteiger partial charge in [0.1, 0.15) is 17.3 Å². The van der Waals surface area contributed by atoms with E-state index in [9.17, 15) is 0 Å². The van der Waals surface area contributed by atoms with E-state index < -0.39 is 0 Å². The summed E-state index contributed by atoms with van der Waals surface area (Å²) >= 11 is 0. The molecule has 0 radical (unpaired) electrons. The van der Waals surface area contributed by atoms with Gasteiger partial charge in [-0.05, 0) is 39.0 Å². The maximum Gasteiger partial charge on any atom is 0.271 e. The lowest BCUT2D eigenvalue weighted by Crippen LogP contribution is -3.13. The van der Waals surface area contributed by atoms with Gasteiger partial charge in [-0.15, -0.1) is 10.2 Å². The molecule has 1 N–H and O–H groups in total. The molecule has 3 aromatic rings. The summed E-state index contributed by atoms with van der Waals surface area (Å²) in [6.45, 7) is 11.2. The number of aryl methyl sites for hydroxylation is 2. The van der Waals surface area contributed by atoms with E-state index in [0.29, 0.717) is 18.4 Å². The number of para-hydroxylation sites is 2. The highest BCUT2D eigenvalue weighted by molar-refractivity contribution is 5.58. The molecule has 28 heavy (non-hydrogen) atoms. The Balaban J connectivity index is 1.37. The third-order valence-electron chi connectivity index (χ3n) is 5.12. The fourth-order valence-corrected chi connectivity index (χ4v) is 3.73. The Morgan fingerprint density at radius 1 is 1.11 bits per heavy atom. The van der Waals surface area contributed by atoms with Gasteiger partial charge in [-0.1, -0.05) is 12.1 Å². The fraction of sp³-hybridized carbons (Fsp3) is 0.429. The molecule has 0 aliphatic carbocycles. The number of rotatable bonds is 6. The van der Waals surface area contributed by atoms with Gasteiger partial charge in [-0.2, -0.15) is 0 Å². The van der Waals surface area contributed by atoms with Gasteiger partial charge in [0.25, 0.3) is 11.8 Å². The highest BCUT2D eigenvalue weighted by Gasteiger charge is 2.24.